The standard InChI is InChI=1S/C11H10N4O4/c1-19-9-3-7(11(12)16)2-8(4-9)14-5-10(13-6-14)15(17)18/h2-6H,1H3,(H2,12,16). The van der Waals surface area contributed by atoms with E-state index in [-0.39, 0.29) is 11.4 Å². The Kier molecular flexibility index (Phi) is 3.15. The van der Waals surface area contributed by atoms with Crippen LogP contribution in [0.2, 0.25) is 0 Å². The minimum atomic E-state index is -0.616. The smallest absolute Gasteiger partial charge is 0.381 e. The monoisotopic (exact) mass is 262 g/mol. The maximum absolute atomic E-state index is 11.2. The number of nitrogens with zero attached hydrogens (tertiary/aromatic N) is 3. The fourth-order valence-corrected chi connectivity index (χ4v) is 1.54. The molecule has 2 rings (SSSR count). The zero-order valence-electron chi connectivity index (χ0n) is 9.94. The number of benzene rings is 1. The summed E-state index contributed by atoms with van der Waals surface area (Å²) < 4.78 is 6.46. The van der Waals surface area contributed by atoms with Gasteiger partial charge in [0.2, 0.25) is 12.2 Å². The molecule has 2 aromatic rings. The summed E-state index contributed by atoms with van der Waals surface area (Å²) >= 11 is 0. The number of aromatic nitrogens is 2. The molecule has 0 atom stereocenters. The Morgan fingerprint density at radius 1 is 1.47 bits per heavy atom. The third-order valence-electron chi connectivity index (χ3n) is 2.47. The number of hydrogen-bond acceptors (Lipinski definition) is 5. The molecule has 0 spiro atoms. The third-order valence-corrected chi connectivity index (χ3v) is 2.47. The summed E-state index contributed by atoms with van der Waals surface area (Å²) in [6.07, 6.45) is 2.51. The Morgan fingerprint density at radius 2 is 2.21 bits per heavy atom. The third kappa shape index (κ3) is 2.51. The van der Waals surface area contributed by atoms with Crippen molar-refractivity contribution in [3.8, 4) is 11.4 Å². The Bertz CT molecular complexity index is 650. The summed E-state index contributed by atoms with van der Waals surface area (Å²) in [4.78, 5) is 24.8. The molecule has 0 radical (unpaired) electrons. The lowest BCUT2D eigenvalue weighted by Gasteiger charge is -2.06. The van der Waals surface area contributed by atoms with Gasteiger partial charge in [-0.1, -0.05) is 0 Å². The van der Waals surface area contributed by atoms with E-state index in [4.69, 9.17) is 10.5 Å². The van der Waals surface area contributed by atoms with Gasteiger partial charge in [0.25, 0.3) is 0 Å². The Balaban J connectivity index is 2.50. The van der Waals surface area contributed by atoms with Crippen LogP contribution in [0.1, 0.15) is 10.4 Å². The van der Waals surface area contributed by atoms with Crippen LogP contribution in [0, 0.1) is 10.1 Å². The minimum Gasteiger partial charge on any atom is -0.497 e. The van der Waals surface area contributed by atoms with Crippen molar-refractivity contribution in [3.05, 3.63) is 46.4 Å². The number of ether oxygens (including phenoxy) is 1. The number of nitro groups is 1. The number of amides is 1. The molecule has 8 nitrogen and oxygen atoms in total. The zero-order valence-corrected chi connectivity index (χ0v) is 9.94. The summed E-state index contributed by atoms with van der Waals surface area (Å²) in [7, 11) is 1.44. The number of hydrogen-bond donors (Lipinski definition) is 1. The quantitative estimate of drug-likeness (QED) is 0.649. The van der Waals surface area contributed by atoms with Crippen molar-refractivity contribution in [2.24, 2.45) is 5.73 Å². The predicted octanol–water partition coefficient (Wildman–Crippen LogP) is 0.888. The largest absolute Gasteiger partial charge is 0.497 e. The normalized spacial score (nSPS) is 10.2. The van der Waals surface area contributed by atoms with Gasteiger partial charge in [0.15, 0.2) is 0 Å². The molecule has 19 heavy (non-hydrogen) atoms. The van der Waals surface area contributed by atoms with Crippen molar-refractivity contribution < 1.29 is 14.5 Å². The molecule has 0 bridgehead atoms. The van der Waals surface area contributed by atoms with Crippen molar-refractivity contribution >= 4 is 11.7 Å². The summed E-state index contributed by atoms with van der Waals surface area (Å²) in [6, 6.07) is 4.59. The van der Waals surface area contributed by atoms with Crippen LogP contribution in [0.25, 0.3) is 5.69 Å². The van der Waals surface area contributed by atoms with E-state index in [1.807, 2.05) is 0 Å². The van der Waals surface area contributed by atoms with Crippen molar-refractivity contribution in [2.75, 3.05) is 7.11 Å². The van der Waals surface area contributed by atoms with Gasteiger partial charge in [-0.25, -0.2) is 0 Å². The second-order valence-electron chi connectivity index (χ2n) is 3.68. The molecule has 0 aliphatic rings. The highest BCUT2D eigenvalue weighted by atomic mass is 16.6. The van der Waals surface area contributed by atoms with Gasteiger partial charge in [-0.05, 0) is 22.0 Å². The molecule has 1 amide bonds. The number of carbonyl (C=O) groups excluding carboxylic acids is 1. The SMILES string of the molecule is COc1cc(C(N)=O)cc(-n2cnc([N+](=O)[O-])c2)c1. The Labute approximate surface area is 107 Å². The molecule has 8 heteroatoms. The molecule has 0 saturated heterocycles. The topological polar surface area (TPSA) is 113 Å². The second kappa shape index (κ2) is 4.77. The second-order valence-corrected chi connectivity index (χ2v) is 3.68. The van der Waals surface area contributed by atoms with E-state index >= 15 is 0 Å². The van der Waals surface area contributed by atoms with Gasteiger partial charge in [-0.2, -0.15) is 0 Å². The zero-order chi connectivity index (χ0) is 14.0. The lowest BCUT2D eigenvalue weighted by Crippen LogP contribution is -2.11. The number of nitrogens with two attached hydrogens (primary N) is 1. The van der Waals surface area contributed by atoms with E-state index in [9.17, 15) is 14.9 Å². The first-order valence-electron chi connectivity index (χ1n) is 5.19. The molecular weight excluding hydrogens is 252 g/mol. The average molecular weight is 262 g/mol. The molecule has 98 valence electrons. The van der Waals surface area contributed by atoms with Crippen LogP contribution < -0.4 is 10.5 Å². The van der Waals surface area contributed by atoms with E-state index in [1.165, 1.54) is 36.3 Å². The fraction of sp³-hybridized carbons (Fsp3) is 0.0909. The molecule has 1 aromatic carbocycles. The maximum atomic E-state index is 11.2. The number of primary amides is 1. The van der Waals surface area contributed by atoms with Crippen LogP contribution in [0.4, 0.5) is 5.82 Å². The van der Waals surface area contributed by atoms with Gasteiger partial charge in [0, 0.05) is 11.6 Å². The summed E-state index contributed by atoms with van der Waals surface area (Å²) in [6.45, 7) is 0. The highest BCUT2D eigenvalue weighted by Crippen LogP contribution is 2.21. The Morgan fingerprint density at radius 3 is 2.74 bits per heavy atom. The predicted molar refractivity (Wildman–Crippen MR) is 65.3 cm³/mol. The van der Waals surface area contributed by atoms with E-state index in [1.54, 1.807) is 6.07 Å². The summed E-state index contributed by atoms with van der Waals surface area (Å²) in [5, 5.41) is 10.6. The van der Waals surface area contributed by atoms with Gasteiger partial charge in [0.1, 0.15) is 11.9 Å². The van der Waals surface area contributed by atoms with Gasteiger partial charge >= 0.3 is 5.82 Å². The van der Waals surface area contributed by atoms with Gasteiger partial charge in [-0.15, -0.1) is 0 Å². The fourth-order valence-electron chi connectivity index (χ4n) is 1.54. The van der Waals surface area contributed by atoms with Crippen LogP contribution in [-0.4, -0.2) is 27.5 Å². The van der Waals surface area contributed by atoms with Crippen molar-refractivity contribution in [1.29, 1.82) is 0 Å². The summed E-state index contributed by atoms with van der Waals surface area (Å²) in [5.41, 5.74) is 5.95. The lowest BCUT2D eigenvalue weighted by molar-refractivity contribution is -0.389. The van der Waals surface area contributed by atoms with Gasteiger partial charge < -0.3 is 20.6 Å². The Hall–Kier alpha value is -2.90. The molecule has 1 heterocycles. The molecular formula is C11H10N4O4. The molecule has 2 N–H and O–H groups in total. The van der Waals surface area contributed by atoms with E-state index in [0.717, 1.165) is 0 Å². The number of rotatable bonds is 4. The van der Waals surface area contributed by atoms with E-state index in [0.29, 0.717) is 11.4 Å². The van der Waals surface area contributed by atoms with E-state index in [2.05, 4.69) is 4.98 Å². The first kappa shape index (κ1) is 12.6. The van der Waals surface area contributed by atoms with Crippen LogP contribution >= 0.6 is 0 Å². The van der Waals surface area contributed by atoms with Gasteiger partial charge in [-0.3, -0.25) is 9.36 Å². The average Bonchev–Trinajstić information content (AvgIpc) is 2.87. The molecule has 0 fully saturated rings. The van der Waals surface area contributed by atoms with Crippen LogP contribution in [0.3, 0.4) is 0 Å². The summed E-state index contributed by atoms with van der Waals surface area (Å²) in [5.74, 6) is -0.485. The molecule has 0 unspecified atom stereocenters. The highest BCUT2D eigenvalue weighted by Gasteiger charge is 2.13. The molecule has 0 aliphatic heterocycles. The lowest BCUT2D eigenvalue weighted by atomic mass is 10.1. The van der Waals surface area contributed by atoms with Crippen LogP contribution in [0.5, 0.6) is 5.75 Å². The van der Waals surface area contributed by atoms with E-state index < -0.39 is 10.8 Å². The maximum Gasteiger partial charge on any atom is 0.381 e. The number of carbonyl (C=O) groups is 1. The van der Waals surface area contributed by atoms with Crippen LogP contribution in [0.15, 0.2) is 30.7 Å². The van der Waals surface area contributed by atoms with Crippen molar-refractivity contribution in [2.45, 2.75) is 0 Å². The first-order valence-corrected chi connectivity index (χ1v) is 5.19. The highest BCUT2D eigenvalue weighted by molar-refractivity contribution is 5.93. The van der Waals surface area contributed by atoms with Crippen LogP contribution in [-0.2, 0) is 0 Å². The molecule has 0 saturated carbocycles. The molecule has 0 aliphatic carbocycles. The molecule has 1 aromatic heterocycles. The van der Waals surface area contributed by atoms with Gasteiger partial charge in [0.05, 0.1) is 12.8 Å². The van der Waals surface area contributed by atoms with Crippen molar-refractivity contribution in [3.63, 3.8) is 0 Å². The first-order chi connectivity index (χ1) is 9.01. The number of methoxy groups -OCH3 is 1. The number of imidazole rings is 1. The van der Waals surface area contributed by atoms with Crippen molar-refractivity contribution in [1.82, 2.24) is 9.55 Å². The minimum absolute atomic E-state index is 0.241.